The molecule has 100 valence electrons. The largest absolute Gasteiger partial charge is 0.360 e. The first-order chi connectivity index (χ1) is 8.44. The van der Waals surface area contributed by atoms with Crippen molar-refractivity contribution >= 4 is 15.7 Å². The van der Waals surface area contributed by atoms with Gasteiger partial charge in [-0.2, -0.15) is 0 Å². The lowest BCUT2D eigenvalue weighted by molar-refractivity contribution is -0.118. The van der Waals surface area contributed by atoms with Gasteiger partial charge in [-0.05, 0) is 25.7 Å². The third-order valence-corrected chi connectivity index (χ3v) is 4.10. The molecular weight excluding hydrogens is 256 g/mol. The van der Waals surface area contributed by atoms with Gasteiger partial charge in [0.15, 0.2) is 15.6 Å². The summed E-state index contributed by atoms with van der Waals surface area (Å²) >= 11 is 0. The van der Waals surface area contributed by atoms with Crippen LogP contribution in [0.3, 0.4) is 0 Å². The van der Waals surface area contributed by atoms with Crippen molar-refractivity contribution in [3.63, 3.8) is 0 Å². The van der Waals surface area contributed by atoms with Crippen molar-refractivity contribution in [3.05, 3.63) is 17.5 Å². The molecule has 0 aromatic carbocycles. The first-order valence-electron chi connectivity index (χ1n) is 5.84. The van der Waals surface area contributed by atoms with E-state index in [2.05, 4.69) is 10.5 Å². The molecule has 0 atom stereocenters. The van der Waals surface area contributed by atoms with E-state index in [9.17, 15) is 13.2 Å². The van der Waals surface area contributed by atoms with Crippen LogP contribution < -0.4 is 5.32 Å². The van der Waals surface area contributed by atoms with E-state index in [-0.39, 0.29) is 11.5 Å². The summed E-state index contributed by atoms with van der Waals surface area (Å²) in [5, 5.41) is 6.24. The van der Waals surface area contributed by atoms with Crippen LogP contribution in [0.1, 0.15) is 24.3 Å². The lowest BCUT2D eigenvalue weighted by Gasteiger charge is -2.04. The molecule has 0 unspecified atom stereocenters. The summed E-state index contributed by atoms with van der Waals surface area (Å²) < 4.78 is 28.3. The van der Waals surface area contributed by atoms with Crippen molar-refractivity contribution in [1.82, 2.24) is 10.5 Å². The Hall–Kier alpha value is -1.37. The van der Waals surface area contributed by atoms with Crippen LogP contribution in [0.25, 0.3) is 0 Å². The summed E-state index contributed by atoms with van der Waals surface area (Å²) in [5.41, 5.74) is 0.624. The molecule has 2 rings (SSSR count). The number of aryl methyl sites for hydroxylation is 1. The summed E-state index contributed by atoms with van der Waals surface area (Å²) in [6.07, 6.45) is 2.23. The predicted molar refractivity (Wildman–Crippen MR) is 64.5 cm³/mol. The van der Waals surface area contributed by atoms with Crippen molar-refractivity contribution in [1.29, 1.82) is 0 Å². The Morgan fingerprint density at radius 1 is 1.56 bits per heavy atom. The molecule has 1 aliphatic rings. The van der Waals surface area contributed by atoms with Gasteiger partial charge in [-0.1, -0.05) is 5.16 Å². The van der Waals surface area contributed by atoms with Crippen LogP contribution in [-0.2, 0) is 20.4 Å². The molecule has 7 heteroatoms. The second-order valence-corrected chi connectivity index (χ2v) is 6.78. The quantitative estimate of drug-likeness (QED) is 0.811. The molecule has 1 amide bonds. The minimum Gasteiger partial charge on any atom is -0.360 e. The maximum atomic E-state index is 11.7. The van der Waals surface area contributed by atoms with Gasteiger partial charge in [0.2, 0.25) is 5.91 Å². The van der Waals surface area contributed by atoms with Crippen molar-refractivity contribution in [2.24, 2.45) is 5.92 Å². The van der Waals surface area contributed by atoms with E-state index in [1.807, 2.05) is 0 Å². The maximum absolute atomic E-state index is 11.7. The molecule has 0 radical (unpaired) electrons. The zero-order valence-electron chi connectivity index (χ0n) is 10.2. The van der Waals surface area contributed by atoms with E-state index in [0.717, 1.165) is 12.8 Å². The first kappa shape index (κ1) is 13.1. The van der Waals surface area contributed by atoms with E-state index in [1.54, 1.807) is 13.0 Å². The molecule has 1 aromatic rings. The SMILES string of the molecule is Cc1cc(CS(=O)(=O)CC(=O)NCC2CC2)on1. The molecule has 1 aliphatic carbocycles. The Bertz CT molecular complexity index is 531. The van der Waals surface area contributed by atoms with Gasteiger partial charge in [0.05, 0.1) is 5.69 Å². The number of nitrogens with one attached hydrogen (secondary N) is 1. The zero-order chi connectivity index (χ0) is 13.2. The molecule has 0 bridgehead atoms. The van der Waals surface area contributed by atoms with E-state index in [0.29, 0.717) is 18.2 Å². The molecular formula is C11H16N2O4S. The van der Waals surface area contributed by atoms with Gasteiger partial charge in [-0.3, -0.25) is 4.79 Å². The fourth-order valence-corrected chi connectivity index (χ4v) is 2.76. The monoisotopic (exact) mass is 272 g/mol. The molecule has 18 heavy (non-hydrogen) atoms. The average molecular weight is 272 g/mol. The second-order valence-electron chi connectivity index (χ2n) is 4.71. The Kier molecular flexibility index (Phi) is 3.70. The van der Waals surface area contributed by atoms with E-state index < -0.39 is 21.5 Å². The fourth-order valence-electron chi connectivity index (χ4n) is 1.58. The molecule has 0 saturated heterocycles. The number of aromatic nitrogens is 1. The molecule has 1 N–H and O–H groups in total. The highest BCUT2D eigenvalue weighted by Gasteiger charge is 2.24. The number of carbonyl (C=O) groups excluding carboxylic acids is 1. The lowest BCUT2D eigenvalue weighted by atomic mass is 10.4. The Morgan fingerprint density at radius 3 is 2.83 bits per heavy atom. The highest BCUT2D eigenvalue weighted by atomic mass is 32.2. The minimum absolute atomic E-state index is 0.266. The van der Waals surface area contributed by atoms with E-state index in [4.69, 9.17) is 4.52 Å². The smallest absolute Gasteiger partial charge is 0.235 e. The summed E-state index contributed by atoms with van der Waals surface area (Å²) in [5.74, 6) is -0.432. The van der Waals surface area contributed by atoms with Crippen LogP contribution in [0.5, 0.6) is 0 Å². The number of rotatable bonds is 6. The predicted octanol–water partition coefficient (Wildman–Crippen LogP) is 0.424. The molecule has 1 aromatic heterocycles. The van der Waals surface area contributed by atoms with Gasteiger partial charge in [0.1, 0.15) is 11.5 Å². The lowest BCUT2D eigenvalue weighted by Crippen LogP contribution is -2.32. The highest BCUT2D eigenvalue weighted by Crippen LogP contribution is 2.27. The van der Waals surface area contributed by atoms with Crippen molar-refractivity contribution in [3.8, 4) is 0 Å². The number of nitrogens with zero attached hydrogens (tertiary/aromatic N) is 1. The number of carbonyl (C=O) groups is 1. The van der Waals surface area contributed by atoms with Crippen molar-refractivity contribution in [2.75, 3.05) is 12.3 Å². The zero-order valence-corrected chi connectivity index (χ0v) is 11.0. The van der Waals surface area contributed by atoms with Gasteiger partial charge < -0.3 is 9.84 Å². The summed E-state index contributed by atoms with van der Waals surface area (Å²) in [6, 6.07) is 1.56. The van der Waals surface area contributed by atoms with E-state index >= 15 is 0 Å². The topological polar surface area (TPSA) is 89.3 Å². The number of amides is 1. The second kappa shape index (κ2) is 5.09. The number of hydrogen-bond acceptors (Lipinski definition) is 5. The summed E-state index contributed by atoms with van der Waals surface area (Å²) in [7, 11) is -3.49. The van der Waals surface area contributed by atoms with Crippen LogP contribution in [0.2, 0.25) is 0 Å². The van der Waals surface area contributed by atoms with Crippen LogP contribution in [-0.4, -0.2) is 31.8 Å². The van der Waals surface area contributed by atoms with Crippen LogP contribution >= 0.6 is 0 Å². The molecule has 1 heterocycles. The van der Waals surface area contributed by atoms with Gasteiger partial charge in [0, 0.05) is 12.6 Å². The van der Waals surface area contributed by atoms with Crippen LogP contribution in [0.4, 0.5) is 0 Å². The molecule has 6 nitrogen and oxygen atoms in total. The molecule has 1 saturated carbocycles. The Balaban J connectivity index is 1.83. The van der Waals surface area contributed by atoms with Crippen LogP contribution in [0, 0.1) is 12.8 Å². The highest BCUT2D eigenvalue weighted by molar-refractivity contribution is 7.91. The normalized spacial score (nSPS) is 15.6. The Labute approximate surface area is 106 Å². The molecule has 0 spiro atoms. The summed E-state index contributed by atoms with van der Waals surface area (Å²) in [4.78, 5) is 11.4. The van der Waals surface area contributed by atoms with E-state index in [1.165, 1.54) is 0 Å². The maximum Gasteiger partial charge on any atom is 0.235 e. The fraction of sp³-hybridized carbons (Fsp3) is 0.636. The number of sulfone groups is 1. The van der Waals surface area contributed by atoms with Crippen LogP contribution in [0.15, 0.2) is 10.6 Å². The van der Waals surface area contributed by atoms with Gasteiger partial charge in [-0.15, -0.1) is 0 Å². The average Bonchev–Trinajstić information content (AvgIpc) is 2.99. The third-order valence-electron chi connectivity index (χ3n) is 2.67. The minimum atomic E-state index is -3.49. The van der Waals surface area contributed by atoms with Gasteiger partial charge in [0.25, 0.3) is 0 Å². The first-order valence-corrected chi connectivity index (χ1v) is 7.66. The number of hydrogen-bond donors (Lipinski definition) is 1. The van der Waals surface area contributed by atoms with Gasteiger partial charge in [-0.25, -0.2) is 8.42 Å². The molecule has 0 aliphatic heterocycles. The Morgan fingerprint density at radius 2 is 2.28 bits per heavy atom. The standard InChI is InChI=1S/C11H16N2O4S/c1-8-4-10(17-13-8)6-18(15,16)7-11(14)12-5-9-2-3-9/h4,9H,2-3,5-7H2,1H3,(H,12,14). The summed E-state index contributed by atoms with van der Waals surface area (Å²) in [6.45, 7) is 2.29. The molecule has 1 fully saturated rings. The van der Waals surface area contributed by atoms with Crippen molar-refractivity contribution < 1.29 is 17.7 Å². The third kappa shape index (κ3) is 4.14. The van der Waals surface area contributed by atoms with Crippen molar-refractivity contribution in [2.45, 2.75) is 25.5 Å². The van der Waals surface area contributed by atoms with Gasteiger partial charge >= 0.3 is 0 Å².